The molecule has 180 valence electrons. The fraction of sp³-hybridized carbons (Fsp3) is 0.333. The summed E-state index contributed by atoms with van der Waals surface area (Å²) in [5.41, 5.74) is 3.36. The number of amides is 1. The lowest BCUT2D eigenvalue weighted by Crippen LogP contribution is -2.48. The van der Waals surface area contributed by atoms with Crippen LogP contribution in [0.1, 0.15) is 23.6 Å². The molecule has 1 aliphatic rings. The van der Waals surface area contributed by atoms with Crippen LogP contribution in [-0.4, -0.2) is 63.6 Å². The molecule has 1 aliphatic heterocycles. The molecule has 1 saturated heterocycles. The molecule has 0 saturated carbocycles. The summed E-state index contributed by atoms with van der Waals surface area (Å²) in [6.07, 6.45) is -0.0909. The second-order valence-electron chi connectivity index (χ2n) is 8.67. The third-order valence-corrected chi connectivity index (χ3v) is 7.64. The van der Waals surface area contributed by atoms with E-state index in [0.29, 0.717) is 23.8 Å². The molecule has 0 aliphatic carbocycles. The number of carbonyl (C=O) groups excluding carboxylic acids is 1. The smallest absolute Gasteiger partial charge is 0.283 e. The number of hydrogen-bond acceptors (Lipinski definition) is 7. The number of aromatic nitrogens is 1. The number of primary sulfonamides is 1. The van der Waals surface area contributed by atoms with Gasteiger partial charge < -0.3 is 14.5 Å². The number of nitrogens with zero attached hydrogens (tertiary/aromatic N) is 3. The summed E-state index contributed by atoms with van der Waals surface area (Å²) >= 11 is 1.30. The van der Waals surface area contributed by atoms with Gasteiger partial charge in [0.1, 0.15) is 0 Å². The van der Waals surface area contributed by atoms with Crippen LogP contribution in [0.25, 0.3) is 21.7 Å². The number of thiazole rings is 1. The summed E-state index contributed by atoms with van der Waals surface area (Å²) in [6, 6.07) is 14.3. The van der Waals surface area contributed by atoms with Crippen LogP contribution in [0.15, 0.2) is 53.4 Å². The fourth-order valence-electron chi connectivity index (χ4n) is 4.00. The Labute approximate surface area is 204 Å². The summed E-state index contributed by atoms with van der Waals surface area (Å²) in [5, 5.41) is 5.64. The first-order valence-corrected chi connectivity index (χ1v) is 13.3. The average Bonchev–Trinajstić information content (AvgIpc) is 3.23. The first-order chi connectivity index (χ1) is 16.0. The van der Waals surface area contributed by atoms with Crippen LogP contribution in [0.5, 0.6) is 0 Å². The van der Waals surface area contributed by atoms with Crippen molar-refractivity contribution in [2.45, 2.75) is 31.0 Å². The monoisotopic (exact) mass is 500 g/mol. The Hall–Kier alpha value is -2.79. The first-order valence-electron chi connectivity index (χ1n) is 10.9. The molecule has 2 aromatic carbocycles. The maximum absolute atomic E-state index is 13.4. The zero-order chi connectivity index (χ0) is 24.6. The zero-order valence-electron chi connectivity index (χ0n) is 19.6. The normalized spacial score (nSPS) is 18.7. The average molecular weight is 501 g/mol. The van der Waals surface area contributed by atoms with Gasteiger partial charge in [0.15, 0.2) is 5.01 Å². The van der Waals surface area contributed by atoms with Gasteiger partial charge in [0, 0.05) is 38.4 Å². The topological polar surface area (TPSA) is 106 Å². The van der Waals surface area contributed by atoms with Crippen molar-refractivity contribution >= 4 is 33.0 Å². The predicted molar refractivity (Wildman–Crippen MR) is 135 cm³/mol. The maximum atomic E-state index is 13.4. The van der Waals surface area contributed by atoms with Gasteiger partial charge in [-0.15, -0.1) is 11.3 Å². The number of benzene rings is 2. The van der Waals surface area contributed by atoms with E-state index in [-0.39, 0.29) is 23.0 Å². The number of carbonyl (C=O) groups is 1. The van der Waals surface area contributed by atoms with Crippen LogP contribution in [0.4, 0.5) is 5.69 Å². The van der Waals surface area contributed by atoms with Crippen molar-refractivity contribution in [1.29, 1.82) is 0 Å². The lowest BCUT2D eigenvalue weighted by Gasteiger charge is -2.34. The van der Waals surface area contributed by atoms with E-state index in [0.717, 1.165) is 21.7 Å². The van der Waals surface area contributed by atoms with E-state index < -0.39 is 10.0 Å². The minimum atomic E-state index is -3.80. The van der Waals surface area contributed by atoms with Crippen LogP contribution in [-0.2, 0) is 14.8 Å². The lowest BCUT2D eigenvalue weighted by molar-refractivity contribution is -0.0586. The van der Waals surface area contributed by atoms with Gasteiger partial charge in [0.05, 0.1) is 27.7 Å². The first kappa shape index (κ1) is 24.3. The van der Waals surface area contributed by atoms with Crippen molar-refractivity contribution in [3.63, 3.8) is 0 Å². The minimum absolute atomic E-state index is 0.0326. The highest BCUT2D eigenvalue weighted by Gasteiger charge is 2.29. The van der Waals surface area contributed by atoms with E-state index in [1.807, 2.05) is 57.1 Å². The van der Waals surface area contributed by atoms with Gasteiger partial charge in [-0.2, -0.15) is 0 Å². The van der Waals surface area contributed by atoms with Gasteiger partial charge in [-0.05, 0) is 43.7 Å². The summed E-state index contributed by atoms with van der Waals surface area (Å²) < 4.78 is 29.1. The number of rotatable bonds is 5. The van der Waals surface area contributed by atoms with E-state index in [1.54, 1.807) is 17.0 Å². The van der Waals surface area contributed by atoms with Crippen LogP contribution in [0, 0.1) is 0 Å². The Morgan fingerprint density at radius 3 is 2.12 bits per heavy atom. The molecule has 8 nitrogen and oxygen atoms in total. The van der Waals surface area contributed by atoms with E-state index in [1.165, 1.54) is 23.5 Å². The predicted octanol–water partition coefficient (Wildman–Crippen LogP) is 3.44. The molecular weight excluding hydrogens is 472 g/mol. The van der Waals surface area contributed by atoms with Gasteiger partial charge in [0.25, 0.3) is 5.91 Å². The molecule has 1 fully saturated rings. The molecule has 2 atom stereocenters. The molecule has 1 aromatic heterocycles. The largest absolute Gasteiger partial charge is 0.378 e. The third kappa shape index (κ3) is 5.15. The summed E-state index contributed by atoms with van der Waals surface area (Å²) in [5.74, 6) is -0.134. The highest BCUT2D eigenvalue weighted by Crippen LogP contribution is 2.38. The van der Waals surface area contributed by atoms with Crippen molar-refractivity contribution in [3.8, 4) is 21.7 Å². The van der Waals surface area contributed by atoms with Crippen LogP contribution < -0.4 is 10.0 Å². The second kappa shape index (κ2) is 9.46. The number of hydrogen-bond donors (Lipinski definition) is 1. The molecule has 0 spiro atoms. The SMILES string of the molecule is CC1CN(C(=O)c2nc(-c3ccc(N(C)C)cc3)c(-c3ccc(S(N)(=O)=O)cc3)s2)CC(C)O1. The molecule has 1 amide bonds. The third-order valence-electron chi connectivity index (χ3n) is 5.62. The Kier molecular flexibility index (Phi) is 6.77. The lowest BCUT2D eigenvalue weighted by atomic mass is 10.1. The Morgan fingerprint density at radius 2 is 1.59 bits per heavy atom. The summed E-state index contributed by atoms with van der Waals surface area (Å²) in [7, 11) is 0.140. The van der Waals surface area contributed by atoms with E-state index in [9.17, 15) is 13.2 Å². The Bertz CT molecular complexity index is 1280. The standard InChI is InChI=1S/C24H28N4O4S2/c1-15-13-28(14-16(2)32-15)24(29)23-26-21(17-5-9-19(10-6-17)27(3)4)22(33-23)18-7-11-20(12-8-18)34(25,30)31/h5-12,15-16H,13-14H2,1-4H3,(H2,25,30,31). The van der Waals surface area contributed by atoms with E-state index in [4.69, 9.17) is 14.9 Å². The van der Waals surface area contributed by atoms with E-state index in [2.05, 4.69) is 0 Å². The fourth-order valence-corrected chi connectivity index (χ4v) is 5.57. The number of nitrogens with two attached hydrogens (primary N) is 1. The molecule has 2 unspecified atom stereocenters. The second-order valence-corrected chi connectivity index (χ2v) is 11.2. The number of anilines is 1. The maximum Gasteiger partial charge on any atom is 0.283 e. The minimum Gasteiger partial charge on any atom is -0.378 e. The molecule has 0 bridgehead atoms. The highest BCUT2D eigenvalue weighted by molar-refractivity contribution is 7.89. The summed E-state index contributed by atoms with van der Waals surface area (Å²) in [4.78, 5) is 22.7. The van der Waals surface area contributed by atoms with Crippen molar-refractivity contribution < 1.29 is 17.9 Å². The molecule has 2 heterocycles. The van der Waals surface area contributed by atoms with Gasteiger partial charge in [0.2, 0.25) is 10.0 Å². The molecule has 3 aromatic rings. The molecule has 2 N–H and O–H groups in total. The van der Waals surface area contributed by atoms with Crippen molar-refractivity contribution in [2.75, 3.05) is 32.1 Å². The quantitative estimate of drug-likeness (QED) is 0.575. The van der Waals surface area contributed by atoms with Gasteiger partial charge >= 0.3 is 0 Å². The molecule has 10 heteroatoms. The van der Waals surface area contributed by atoms with Crippen molar-refractivity contribution in [1.82, 2.24) is 9.88 Å². The highest BCUT2D eigenvalue weighted by atomic mass is 32.2. The zero-order valence-corrected chi connectivity index (χ0v) is 21.2. The van der Waals surface area contributed by atoms with Gasteiger partial charge in [-0.3, -0.25) is 4.79 Å². The Balaban J connectivity index is 1.77. The molecule has 4 rings (SSSR count). The molecule has 34 heavy (non-hydrogen) atoms. The molecular formula is C24H28N4O4S2. The van der Waals surface area contributed by atoms with Gasteiger partial charge in [-0.1, -0.05) is 24.3 Å². The van der Waals surface area contributed by atoms with E-state index >= 15 is 0 Å². The Morgan fingerprint density at radius 1 is 1.03 bits per heavy atom. The number of morpholine rings is 1. The van der Waals surface area contributed by atoms with Gasteiger partial charge in [-0.25, -0.2) is 18.5 Å². The van der Waals surface area contributed by atoms with Crippen LogP contribution in [0.3, 0.4) is 0 Å². The van der Waals surface area contributed by atoms with Crippen LogP contribution >= 0.6 is 11.3 Å². The number of ether oxygens (including phenoxy) is 1. The number of sulfonamides is 1. The van der Waals surface area contributed by atoms with Crippen LogP contribution in [0.2, 0.25) is 0 Å². The molecule has 0 radical (unpaired) electrons. The van der Waals surface area contributed by atoms with Crippen molar-refractivity contribution in [3.05, 3.63) is 53.5 Å². The summed E-state index contributed by atoms with van der Waals surface area (Å²) in [6.45, 7) is 4.92. The van der Waals surface area contributed by atoms with Crippen molar-refractivity contribution in [2.24, 2.45) is 5.14 Å².